The first-order valence-corrected chi connectivity index (χ1v) is 9.35. The summed E-state index contributed by atoms with van der Waals surface area (Å²) in [6.07, 6.45) is 3.76. The van der Waals surface area contributed by atoms with Crippen molar-refractivity contribution in [1.29, 1.82) is 0 Å². The van der Waals surface area contributed by atoms with Crippen molar-refractivity contribution in [2.75, 3.05) is 7.05 Å². The van der Waals surface area contributed by atoms with Gasteiger partial charge >= 0.3 is 0 Å². The number of nitrogens with two attached hydrogens (primary N) is 1. The van der Waals surface area contributed by atoms with Crippen molar-refractivity contribution >= 4 is 22.9 Å². The molecule has 0 aromatic heterocycles. The van der Waals surface area contributed by atoms with E-state index < -0.39 is 5.91 Å². The maximum Gasteiger partial charge on any atom is 0.250 e. The van der Waals surface area contributed by atoms with Gasteiger partial charge < -0.3 is 5.73 Å². The Kier molecular flexibility index (Phi) is 5.69. The normalized spacial score (nSPS) is 17.0. The molecular weight excluding hydrogens is 346 g/mol. The van der Waals surface area contributed by atoms with Crippen molar-refractivity contribution in [2.45, 2.75) is 26.8 Å². The molecule has 1 aliphatic carbocycles. The zero-order valence-corrected chi connectivity index (χ0v) is 16.7. The lowest BCUT2D eigenvalue weighted by molar-refractivity contribution is -0.114. The lowest BCUT2D eigenvalue weighted by Gasteiger charge is -2.17. The van der Waals surface area contributed by atoms with Gasteiger partial charge in [-0.3, -0.25) is 14.8 Å². The first-order chi connectivity index (χ1) is 13.4. The number of amides is 1. The molecule has 0 spiro atoms. The Morgan fingerprint density at radius 1 is 0.964 bits per heavy atom. The molecule has 28 heavy (non-hydrogen) atoms. The Balaban J connectivity index is 2.03. The van der Waals surface area contributed by atoms with E-state index in [1.165, 1.54) is 11.1 Å². The fourth-order valence-corrected chi connectivity index (χ4v) is 3.28. The van der Waals surface area contributed by atoms with Crippen LogP contribution in [-0.4, -0.2) is 30.4 Å². The maximum absolute atomic E-state index is 12.1. The van der Waals surface area contributed by atoms with Gasteiger partial charge in [0.1, 0.15) is 0 Å². The summed E-state index contributed by atoms with van der Waals surface area (Å²) in [7, 11) is 1.70. The van der Waals surface area contributed by atoms with E-state index in [1.807, 2.05) is 32.1 Å². The topological polar surface area (TPSA) is 67.8 Å². The highest BCUT2D eigenvalue weighted by molar-refractivity contribution is 6.58. The van der Waals surface area contributed by atoms with E-state index in [0.717, 1.165) is 16.7 Å². The number of carbonyl (C=O) groups is 1. The van der Waals surface area contributed by atoms with E-state index in [1.54, 1.807) is 13.1 Å². The van der Waals surface area contributed by atoms with Crippen LogP contribution < -0.4 is 5.73 Å². The number of rotatable bonds is 4. The van der Waals surface area contributed by atoms with Crippen molar-refractivity contribution in [1.82, 2.24) is 0 Å². The van der Waals surface area contributed by atoms with Crippen LogP contribution in [0.5, 0.6) is 0 Å². The molecule has 0 unspecified atom stereocenters. The summed E-state index contributed by atoms with van der Waals surface area (Å²) in [5.74, 6) is -0.498. The van der Waals surface area contributed by atoms with Gasteiger partial charge in [-0.2, -0.15) is 0 Å². The molecule has 3 rings (SSSR count). The predicted octanol–water partition coefficient (Wildman–Crippen LogP) is 4.39. The van der Waals surface area contributed by atoms with Crippen LogP contribution in [0.15, 0.2) is 76.2 Å². The summed E-state index contributed by atoms with van der Waals surface area (Å²) in [6, 6.07) is 16.6. The van der Waals surface area contributed by atoms with Crippen LogP contribution in [0.25, 0.3) is 16.7 Å². The number of hydrogen-bond donors (Lipinski definition) is 1. The number of carbonyl (C=O) groups excluding carboxylic acids is 1. The summed E-state index contributed by atoms with van der Waals surface area (Å²) in [4.78, 5) is 20.9. The molecule has 0 saturated carbocycles. The number of hydrogen-bond acceptors (Lipinski definition) is 3. The monoisotopic (exact) mass is 371 g/mol. The maximum atomic E-state index is 12.1. The average molecular weight is 371 g/mol. The van der Waals surface area contributed by atoms with Crippen LogP contribution in [0.1, 0.15) is 25.0 Å². The van der Waals surface area contributed by atoms with Gasteiger partial charge in [-0.1, -0.05) is 48.5 Å². The molecule has 4 nitrogen and oxygen atoms in total. The third-order valence-electron chi connectivity index (χ3n) is 4.66. The van der Waals surface area contributed by atoms with Gasteiger partial charge in [0.2, 0.25) is 0 Å². The Morgan fingerprint density at radius 3 is 2.18 bits per heavy atom. The standard InChI is InChI=1S/C24H25N3O/c1-15(2)27-23-21(24(25)28)13-19(14-22(23)26-4)17-9-11-18(12-10-17)20-8-6-5-7-16(20)3/h5-15H,1-4H3,(H2,25,28). The predicted molar refractivity (Wildman–Crippen MR) is 118 cm³/mol. The van der Waals surface area contributed by atoms with Gasteiger partial charge in [-0.15, -0.1) is 0 Å². The summed E-state index contributed by atoms with van der Waals surface area (Å²) in [6.45, 7) is 6.03. The minimum Gasteiger partial charge on any atom is -0.366 e. The highest BCUT2D eigenvalue weighted by Crippen LogP contribution is 2.28. The van der Waals surface area contributed by atoms with Crippen LogP contribution >= 0.6 is 0 Å². The van der Waals surface area contributed by atoms with E-state index in [0.29, 0.717) is 17.0 Å². The molecule has 1 amide bonds. The van der Waals surface area contributed by atoms with Crippen molar-refractivity contribution in [2.24, 2.45) is 15.7 Å². The van der Waals surface area contributed by atoms with E-state index >= 15 is 0 Å². The van der Waals surface area contributed by atoms with Gasteiger partial charge in [0.05, 0.1) is 17.0 Å². The van der Waals surface area contributed by atoms with Crippen LogP contribution in [-0.2, 0) is 4.79 Å². The Bertz CT molecular complexity index is 1020. The Morgan fingerprint density at radius 2 is 1.61 bits per heavy atom. The molecule has 0 atom stereocenters. The van der Waals surface area contributed by atoms with Crippen LogP contribution in [0.2, 0.25) is 0 Å². The third-order valence-corrected chi connectivity index (χ3v) is 4.66. The molecule has 0 fully saturated rings. The fraction of sp³-hybridized carbons (Fsp3) is 0.208. The largest absolute Gasteiger partial charge is 0.366 e. The van der Waals surface area contributed by atoms with Crippen molar-refractivity contribution in [3.05, 3.63) is 77.4 Å². The van der Waals surface area contributed by atoms with Gasteiger partial charge in [-0.25, -0.2) is 0 Å². The highest BCUT2D eigenvalue weighted by Gasteiger charge is 2.23. The Hall–Kier alpha value is -3.27. The van der Waals surface area contributed by atoms with Crippen molar-refractivity contribution in [3.63, 3.8) is 0 Å². The minimum atomic E-state index is -0.498. The SMILES string of the molecule is CN=C1C=C(c2ccc(-c3ccccc3C)cc2)C=C(C(N)=O)C1=NC(C)C. The second-order valence-corrected chi connectivity index (χ2v) is 7.09. The van der Waals surface area contributed by atoms with E-state index in [9.17, 15) is 4.79 Å². The lowest BCUT2D eigenvalue weighted by Crippen LogP contribution is -2.29. The number of aliphatic imine (C=N–C) groups is 2. The molecule has 2 aromatic rings. The zero-order chi connectivity index (χ0) is 20.3. The third kappa shape index (κ3) is 4.01. The van der Waals surface area contributed by atoms with Gasteiger partial charge in [0, 0.05) is 13.1 Å². The zero-order valence-electron chi connectivity index (χ0n) is 16.7. The van der Waals surface area contributed by atoms with E-state index in [-0.39, 0.29) is 6.04 Å². The summed E-state index contributed by atoms with van der Waals surface area (Å²) in [5.41, 5.74) is 12.8. The fourth-order valence-electron chi connectivity index (χ4n) is 3.28. The molecule has 0 heterocycles. The van der Waals surface area contributed by atoms with Crippen LogP contribution in [0, 0.1) is 6.92 Å². The summed E-state index contributed by atoms with van der Waals surface area (Å²) >= 11 is 0. The molecule has 0 bridgehead atoms. The number of aryl methyl sites for hydroxylation is 1. The van der Waals surface area contributed by atoms with Gasteiger partial charge in [0.15, 0.2) is 0 Å². The first kappa shape index (κ1) is 19.5. The second kappa shape index (κ2) is 8.17. The van der Waals surface area contributed by atoms with E-state index in [2.05, 4.69) is 53.3 Å². The lowest BCUT2D eigenvalue weighted by atomic mass is 9.90. The highest BCUT2D eigenvalue weighted by atomic mass is 16.1. The van der Waals surface area contributed by atoms with Gasteiger partial charge in [0.25, 0.3) is 5.91 Å². The molecule has 0 saturated heterocycles. The average Bonchev–Trinajstić information content (AvgIpc) is 2.68. The molecule has 2 aromatic carbocycles. The number of primary amides is 1. The summed E-state index contributed by atoms with van der Waals surface area (Å²) in [5, 5.41) is 0. The molecule has 142 valence electrons. The van der Waals surface area contributed by atoms with Crippen molar-refractivity contribution < 1.29 is 4.79 Å². The first-order valence-electron chi connectivity index (χ1n) is 9.35. The quantitative estimate of drug-likeness (QED) is 0.796. The molecule has 4 heteroatoms. The number of allylic oxidation sites excluding steroid dienone is 3. The second-order valence-electron chi connectivity index (χ2n) is 7.09. The van der Waals surface area contributed by atoms with Crippen LogP contribution in [0.4, 0.5) is 0 Å². The van der Waals surface area contributed by atoms with E-state index in [4.69, 9.17) is 5.73 Å². The smallest absolute Gasteiger partial charge is 0.250 e. The van der Waals surface area contributed by atoms with Crippen molar-refractivity contribution in [3.8, 4) is 11.1 Å². The molecule has 0 radical (unpaired) electrons. The van der Waals surface area contributed by atoms with Gasteiger partial charge in [-0.05, 0) is 60.8 Å². The molecular formula is C24H25N3O. The van der Waals surface area contributed by atoms with Crippen LogP contribution in [0.3, 0.4) is 0 Å². The molecule has 1 aliphatic rings. The number of benzene rings is 2. The molecule has 2 N–H and O–H groups in total. The molecule has 0 aliphatic heterocycles. The number of nitrogens with zero attached hydrogens (tertiary/aromatic N) is 2. The Labute approximate surface area is 166 Å². The summed E-state index contributed by atoms with van der Waals surface area (Å²) < 4.78 is 0. The minimum absolute atomic E-state index is 0.0397.